The van der Waals surface area contributed by atoms with E-state index in [-0.39, 0.29) is 25.0 Å². The molecule has 3 fully saturated rings. The van der Waals surface area contributed by atoms with Gasteiger partial charge in [-0.3, -0.25) is 14.4 Å². The molecule has 0 aliphatic carbocycles. The maximum Gasteiger partial charge on any atom is 0.312 e. The minimum absolute atomic E-state index is 0.0572. The third-order valence-corrected chi connectivity index (χ3v) is 7.75. The van der Waals surface area contributed by atoms with Gasteiger partial charge in [-0.15, -0.1) is 0 Å². The molecule has 1 aromatic carbocycles. The number of nitrogens with zero attached hydrogens (tertiary/aromatic N) is 1. The number of amides is 2. The standard InChI is InChI=1S/C24H31ClN2O6/c1-4-13(3)16(12-28)27-20(21(29)26-15-8-6-14(25)7-9-15)24-11-10-17(33-24)18(19(24)22(27)30)23(31)32-5-2/h6-9,13,16-20,28H,4-5,10-12H2,1-3H3,(H,26,29)/t13-,16-,17+,18-,19-,20?,24?/m0/s1. The fraction of sp³-hybridized carbons (Fsp3) is 0.625. The van der Waals surface area contributed by atoms with Crippen molar-refractivity contribution in [3.63, 3.8) is 0 Å². The van der Waals surface area contributed by atoms with E-state index in [0.29, 0.717) is 30.0 Å². The summed E-state index contributed by atoms with van der Waals surface area (Å²) in [6, 6.07) is 5.15. The smallest absolute Gasteiger partial charge is 0.312 e. The third-order valence-electron chi connectivity index (χ3n) is 7.50. The summed E-state index contributed by atoms with van der Waals surface area (Å²) >= 11 is 5.97. The topological polar surface area (TPSA) is 105 Å². The van der Waals surface area contributed by atoms with Crippen LogP contribution in [-0.2, 0) is 23.9 Å². The van der Waals surface area contributed by atoms with Gasteiger partial charge in [-0.1, -0.05) is 31.9 Å². The number of esters is 1. The summed E-state index contributed by atoms with van der Waals surface area (Å²) in [6.45, 7) is 5.54. The van der Waals surface area contributed by atoms with Gasteiger partial charge in [-0.05, 0) is 49.9 Å². The van der Waals surface area contributed by atoms with Gasteiger partial charge in [0, 0.05) is 10.7 Å². The molecular weight excluding hydrogens is 448 g/mol. The van der Waals surface area contributed by atoms with Crippen LogP contribution in [0, 0.1) is 17.8 Å². The largest absolute Gasteiger partial charge is 0.466 e. The molecule has 2 amide bonds. The molecule has 3 saturated heterocycles. The summed E-state index contributed by atoms with van der Waals surface area (Å²) in [7, 11) is 0. The van der Waals surface area contributed by atoms with Crippen LogP contribution in [0.15, 0.2) is 24.3 Å². The molecule has 2 bridgehead atoms. The van der Waals surface area contributed by atoms with E-state index in [2.05, 4.69) is 5.32 Å². The number of nitrogens with one attached hydrogen (secondary N) is 1. The number of aliphatic hydroxyl groups excluding tert-OH is 1. The lowest BCUT2D eigenvalue weighted by Gasteiger charge is -2.38. The van der Waals surface area contributed by atoms with E-state index in [0.717, 1.165) is 0 Å². The Morgan fingerprint density at radius 2 is 2.03 bits per heavy atom. The summed E-state index contributed by atoms with van der Waals surface area (Å²) in [5, 5.41) is 13.7. The first-order chi connectivity index (χ1) is 15.8. The van der Waals surface area contributed by atoms with Crippen molar-refractivity contribution in [2.45, 2.75) is 63.8 Å². The van der Waals surface area contributed by atoms with Crippen LogP contribution in [0.25, 0.3) is 0 Å². The quantitative estimate of drug-likeness (QED) is 0.556. The first kappa shape index (κ1) is 24.0. The number of hydrogen-bond acceptors (Lipinski definition) is 6. The Kier molecular flexibility index (Phi) is 6.71. The number of halogens is 1. The molecule has 0 radical (unpaired) electrons. The van der Waals surface area contributed by atoms with Crippen molar-refractivity contribution in [3.8, 4) is 0 Å². The first-order valence-corrected chi connectivity index (χ1v) is 12.0. The highest BCUT2D eigenvalue weighted by molar-refractivity contribution is 6.30. The summed E-state index contributed by atoms with van der Waals surface area (Å²) in [4.78, 5) is 41.9. The minimum atomic E-state index is -1.13. The number of fused-ring (bicyclic) bond motifs is 1. The molecule has 2 N–H and O–H groups in total. The SMILES string of the molecule is CCOC(=O)[C@@H]1[C@H]2C(=O)N([C@@H](CO)[C@@H](C)CC)C(C(=O)Nc3ccc(Cl)cc3)C23CC[C@H]1O3. The zero-order valence-electron chi connectivity index (χ0n) is 19.1. The van der Waals surface area contributed by atoms with Crippen LogP contribution < -0.4 is 5.32 Å². The van der Waals surface area contributed by atoms with Crippen molar-refractivity contribution in [1.29, 1.82) is 0 Å². The molecule has 3 aliphatic rings. The Morgan fingerprint density at radius 3 is 2.64 bits per heavy atom. The second kappa shape index (κ2) is 9.24. The van der Waals surface area contributed by atoms with Gasteiger partial charge >= 0.3 is 5.97 Å². The van der Waals surface area contributed by atoms with E-state index in [1.165, 1.54) is 4.90 Å². The maximum absolute atomic E-state index is 13.9. The highest BCUT2D eigenvalue weighted by Gasteiger charge is 2.75. The highest BCUT2D eigenvalue weighted by atomic mass is 35.5. The lowest BCUT2D eigenvalue weighted by Crippen LogP contribution is -2.57. The van der Waals surface area contributed by atoms with Crippen LogP contribution in [0.1, 0.15) is 40.0 Å². The van der Waals surface area contributed by atoms with Gasteiger partial charge in [0.1, 0.15) is 11.6 Å². The van der Waals surface area contributed by atoms with Crippen LogP contribution in [0.4, 0.5) is 5.69 Å². The molecule has 3 aliphatic heterocycles. The summed E-state index contributed by atoms with van der Waals surface area (Å²) in [5.41, 5.74) is -0.591. The van der Waals surface area contributed by atoms with E-state index < -0.39 is 47.5 Å². The number of likely N-dealkylation sites (tertiary alicyclic amines) is 1. The van der Waals surface area contributed by atoms with Crippen LogP contribution in [0.2, 0.25) is 5.02 Å². The molecule has 3 heterocycles. The zero-order chi connectivity index (χ0) is 23.9. The van der Waals surface area contributed by atoms with Crippen molar-refractivity contribution in [2.75, 3.05) is 18.5 Å². The molecule has 0 saturated carbocycles. The van der Waals surface area contributed by atoms with Crippen LogP contribution in [0.3, 0.4) is 0 Å². The van der Waals surface area contributed by atoms with E-state index in [1.807, 2.05) is 13.8 Å². The number of ether oxygens (including phenoxy) is 2. The number of aliphatic hydroxyl groups is 1. The van der Waals surface area contributed by atoms with Crippen molar-refractivity contribution >= 4 is 35.1 Å². The third kappa shape index (κ3) is 3.82. The van der Waals surface area contributed by atoms with Crippen LogP contribution in [-0.4, -0.2) is 64.8 Å². The van der Waals surface area contributed by atoms with E-state index in [1.54, 1.807) is 31.2 Å². The van der Waals surface area contributed by atoms with Gasteiger partial charge in [-0.25, -0.2) is 0 Å². The number of benzene rings is 1. The Balaban J connectivity index is 1.75. The van der Waals surface area contributed by atoms with Crippen molar-refractivity contribution in [3.05, 3.63) is 29.3 Å². The lowest BCUT2D eigenvalue weighted by molar-refractivity contribution is -0.155. The van der Waals surface area contributed by atoms with Gasteiger partial charge in [0.25, 0.3) is 0 Å². The minimum Gasteiger partial charge on any atom is -0.466 e. The molecule has 1 aromatic rings. The van der Waals surface area contributed by atoms with Crippen molar-refractivity contribution in [2.24, 2.45) is 17.8 Å². The van der Waals surface area contributed by atoms with Gasteiger partial charge < -0.3 is 24.8 Å². The average Bonchev–Trinajstić information content (AvgIpc) is 3.43. The van der Waals surface area contributed by atoms with Gasteiger partial charge in [0.05, 0.1) is 37.2 Å². The molecule has 7 atom stereocenters. The zero-order valence-corrected chi connectivity index (χ0v) is 19.9. The van der Waals surface area contributed by atoms with Gasteiger partial charge in [-0.2, -0.15) is 0 Å². The molecule has 0 aromatic heterocycles. The van der Waals surface area contributed by atoms with E-state index in [4.69, 9.17) is 21.1 Å². The molecule has 180 valence electrons. The molecule has 8 nitrogen and oxygen atoms in total. The van der Waals surface area contributed by atoms with Crippen molar-refractivity contribution in [1.82, 2.24) is 4.90 Å². The summed E-state index contributed by atoms with van der Waals surface area (Å²) in [6.07, 6.45) is 1.31. The van der Waals surface area contributed by atoms with E-state index >= 15 is 0 Å². The molecule has 2 unspecified atom stereocenters. The predicted octanol–water partition coefficient (Wildman–Crippen LogP) is 2.62. The fourth-order valence-corrected chi connectivity index (χ4v) is 5.94. The molecule has 33 heavy (non-hydrogen) atoms. The van der Waals surface area contributed by atoms with Crippen molar-refractivity contribution < 1.29 is 29.0 Å². The summed E-state index contributed by atoms with van der Waals surface area (Å²) < 4.78 is 11.6. The Morgan fingerprint density at radius 1 is 1.33 bits per heavy atom. The number of carbonyl (C=O) groups is 3. The molecule has 1 spiro atoms. The molecule has 9 heteroatoms. The highest BCUT2D eigenvalue weighted by Crippen LogP contribution is 2.59. The van der Waals surface area contributed by atoms with E-state index in [9.17, 15) is 19.5 Å². The Hall–Kier alpha value is -2.16. The Labute approximate surface area is 198 Å². The number of anilines is 1. The van der Waals surface area contributed by atoms with Gasteiger partial charge in [0.15, 0.2) is 0 Å². The maximum atomic E-state index is 13.9. The molecule has 4 rings (SSSR count). The lowest BCUT2D eigenvalue weighted by atomic mass is 9.70. The first-order valence-electron chi connectivity index (χ1n) is 11.6. The number of carbonyl (C=O) groups excluding carboxylic acids is 3. The summed E-state index contributed by atoms with van der Waals surface area (Å²) in [5.74, 6) is -2.82. The monoisotopic (exact) mass is 478 g/mol. The van der Waals surface area contributed by atoms with Gasteiger partial charge in [0.2, 0.25) is 11.8 Å². The Bertz CT molecular complexity index is 924. The second-order valence-corrected chi connectivity index (χ2v) is 9.62. The normalized spacial score (nSPS) is 31.9. The van der Waals surface area contributed by atoms with Crippen LogP contribution in [0.5, 0.6) is 0 Å². The van der Waals surface area contributed by atoms with Crippen LogP contribution >= 0.6 is 11.6 Å². The molecular formula is C24H31ClN2O6. The number of rotatable bonds is 8. The average molecular weight is 479 g/mol. The predicted molar refractivity (Wildman–Crippen MR) is 121 cm³/mol. The number of hydrogen-bond donors (Lipinski definition) is 2. The fourth-order valence-electron chi connectivity index (χ4n) is 5.81. The second-order valence-electron chi connectivity index (χ2n) is 9.19.